The molecule has 21 heavy (non-hydrogen) atoms. The third kappa shape index (κ3) is 3.91. The summed E-state index contributed by atoms with van der Waals surface area (Å²) in [4.78, 5) is 22.0. The molecule has 1 aliphatic rings. The summed E-state index contributed by atoms with van der Waals surface area (Å²) in [6.07, 6.45) is 3.76. The quantitative estimate of drug-likeness (QED) is 0.386. The molecule has 1 heterocycles. The van der Waals surface area contributed by atoms with Crippen molar-refractivity contribution < 1.29 is 14.8 Å². The number of aliphatic hydroxyl groups is 1. The number of nitro benzene ring substituents is 1. The van der Waals surface area contributed by atoms with E-state index in [0.717, 1.165) is 25.7 Å². The SMILES string of the molecule is O=C1Cc2cc([N+](=O)[O-])c(NCCCCCCO)cc2N1. The minimum absolute atomic E-state index is 0.000563. The minimum atomic E-state index is -0.433. The first kappa shape index (κ1) is 15.2. The largest absolute Gasteiger partial charge is 0.396 e. The number of fused-ring (bicyclic) bond motifs is 1. The number of anilines is 2. The second kappa shape index (κ2) is 7.03. The van der Waals surface area contributed by atoms with E-state index in [0.29, 0.717) is 23.5 Å². The second-order valence-electron chi connectivity index (χ2n) is 5.07. The van der Waals surface area contributed by atoms with Gasteiger partial charge in [-0.25, -0.2) is 0 Å². The Morgan fingerprint density at radius 1 is 1.29 bits per heavy atom. The highest BCUT2D eigenvalue weighted by atomic mass is 16.6. The predicted octanol–water partition coefficient (Wildman–Crippen LogP) is 2.05. The molecule has 7 nitrogen and oxygen atoms in total. The Morgan fingerprint density at radius 3 is 2.76 bits per heavy atom. The molecule has 0 bridgehead atoms. The first-order valence-corrected chi connectivity index (χ1v) is 7.07. The zero-order chi connectivity index (χ0) is 15.2. The molecule has 3 N–H and O–H groups in total. The van der Waals surface area contributed by atoms with Crippen LogP contribution in [0.25, 0.3) is 0 Å². The normalized spacial score (nSPS) is 12.9. The average molecular weight is 293 g/mol. The number of carbonyl (C=O) groups excluding carboxylic acids is 1. The van der Waals surface area contributed by atoms with Crippen LogP contribution in [0.1, 0.15) is 31.2 Å². The van der Waals surface area contributed by atoms with E-state index in [9.17, 15) is 14.9 Å². The predicted molar refractivity (Wildman–Crippen MR) is 79.5 cm³/mol. The summed E-state index contributed by atoms with van der Waals surface area (Å²) < 4.78 is 0. The smallest absolute Gasteiger partial charge is 0.292 e. The van der Waals surface area contributed by atoms with Gasteiger partial charge in [-0.3, -0.25) is 14.9 Å². The van der Waals surface area contributed by atoms with Gasteiger partial charge in [0.2, 0.25) is 5.91 Å². The lowest BCUT2D eigenvalue weighted by molar-refractivity contribution is -0.384. The van der Waals surface area contributed by atoms with Gasteiger partial charge >= 0.3 is 0 Å². The van der Waals surface area contributed by atoms with Crippen LogP contribution in [0.2, 0.25) is 0 Å². The maximum atomic E-state index is 11.3. The number of carbonyl (C=O) groups is 1. The minimum Gasteiger partial charge on any atom is -0.396 e. The van der Waals surface area contributed by atoms with E-state index in [1.54, 1.807) is 6.07 Å². The van der Waals surface area contributed by atoms with Crippen LogP contribution in [0, 0.1) is 10.1 Å². The number of benzene rings is 1. The molecule has 0 aliphatic carbocycles. The molecule has 0 fully saturated rings. The highest BCUT2D eigenvalue weighted by Crippen LogP contribution is 2.34. The number of nitrogens with zero attached hydrogens (tertiary/aromatic N) is 1. The Morgan fingerprint density at radius 2 is 2.05 bits per heavy atom. The van der Waals surface area contributed by atoms with Gasteiger partial charge in [0.05, 0.1) is 11.3 Å². The fraction of sp³-hybridized carbons (Fsp3) is 0.500. The molecule has 0 saturated carbocycles. The molecule has 1 aliphatic heterocycles. The van der Waals surface area contributed by atoms with Crippen LogP contribution in [0.5, 0.6) is 0 Å². The van der Waals surface area contributed by atoms with Crippen LogP contribution >= 0.6 is 0 Å². The van der Waals surface area contributed by atoms with Gasteiger partial charge in [-0.2, -0.15) is 0 Å². The molecule has 0 atom stereocenters. The van der Waals surface area contributed by atoms with Crippen LogP contribution in [-0.4, -0.2) is 29.1 Å². The van der Waals surface area contributed by atoms with Crippen LogP contribution < -0.4 is 10.6 Å². The molecule has 0 spiro atoms. The number of hydrogen-bond acceptors (Lipinski definition) is 5. The van der Waals surface area contributed by atoms with Crippen molar-refractivity contribution in [3.63, 3.8) is 0 Å². The highest BCUT2D eigenvalue weighted by molar-refractivity contribution is 6.00. The average Bonchev–Trinajstić information content (AvgIpc) is 2.80. The first-order chi connectivity index (χ1) is 10.1. The van der Waals surface area contributed by atoms with Gasteiger partial charge in [0, 0.05) is 24.9 Å². The molecular weight excluding hydrogens is 274 g/mol. The molecule has 0 unspecified atom stereocenters. The highest BCUT2D eigenvalue weighted by Gasteiger charge is 2.24. The number of amides is 1. The summed E-state index contributed by atoms with van der Waals surface area (Å²) in [5.41, 5.74) is 1.75. The van der Waals surface area contributed by atoms with Crippen molar-refractivity contribution in [1.82, 2.24) is 0 Å². The monoisotopic (exact) mass is 293 g/mol. The fourth-order valence-electron chi connectivity index (χ4n) is 2.37. The topological polar surface area (TPSA) is 104 Å². The van der Waals surface area contributed by atoms with Crippen LogP contribution in [0.15, 0.2) is 12.1 Å². The number of nitro groups is 1. The lowest BCUT2D eigenvalue weighted by Gasteiger charge is -2.09. The van der Waals surface area contributed by atoms with E-state index in [2.05, 4.69) is 10.6 Å². The Kier molecular flexibility index (Phi) is 5.10. The van der Waals surface area contributed by atoms with Gasteiger partial charge in [0.15, 0.2) is 0 Å². The standard InChI is InChI=1S/C14H19N3O4/c18-6-4-2-1-3-5-15-12-9-11-10(8-14(19)16-11)7-13(12)17(20)21/h7,9,15,18H,1-6,8H2,(H,16,19). The summed E-state index contributed by atoms with van der Waals surface area (Å²) in [7, 11) is 0. The van der Waals surface area contributed by atoms with E-state index in [1.165, 1.54) is 6.07 Å². The summed E-state index contributed by atoms with van der Waals surface area (Å²) in [5, 5.41) is 25.5. The van der Waals surface area contributed by atoms with Crippen molar-refractivity contribution in [2.24, 2.45) is 0 Å². The van der Waals surface area contributed by atoms with Crippen molar-refractivity contribution in [2.75, 3.05) is 23.8 Å². The maximum absolute atomic E-state index is 11.3. The Bertz CT molecular complexity index is 545. The molecule has 7 heteroatoms. The van der Waals surface area contributed by atoms with Crippen LogP contribution in [0.3, 0.4) is 0 Å². The summed E-state index contributed by atoms with van der Waals surface area (Å²) in [6, 6.07) is 3.09. The molecule has 1 amide bonds. The third-order valence-electron chi connectivity index (χ3n) is 3.44. The summed E-state index contributed by atoms with van der Waals surface area (Å²) in [6.45, 7) is 0.822. The van der Waals surface area contributed by atoms with Crippen molar-refractivity contribution in [2.45, 2.75) is 32.1 Å². The number of aliphatic hydroxyl groups excluding tert-OH is 1. The van der Waals surface area contributed by atoms with E-state index in [4.69, 9.17) is 5.11 Å². The van der Waals surface area contributed by atoms with Gasteiger partial charge < -0.3 is 15.7 Å². The van der Waals surface area contributed by atoms with E-state index in [1.807, 2.05) is 0 Å². The maximum Gasteiger partial charge on any atom is 0.292 e. The van der Waals surface area contributed by atoms with Gasteiger partial charge in [-0.05, 0) is 24.5 Å². The Balaban J connectivity index is 1.99. The zero-order valence-corrected chi connectivity index (χ0v) is 11.7. The van der Waals surface area contributed by atoms with Crippen molar-refractivity contribution in [3.05, 3.63) is 27.8 Å². The van der Waals surface area contributed by atoms with Crippen LogP contribution in [-0.2, 0) is 11.2 Å². The molecule has 0 radical (unpaired) electrons. The zero-order valence-electron chi connectivity index (χ0n) is 11.7. The number of hydrogen-bond donors (Lipinski definition) is 3. The van der Waals surface area contributed by atoms with Crippen molar-refractivity contribution in [3.8, 4) is 0 Å². The number of rotatable bonds is 8. The van der Waals surface area contributed by atoms with Gasteiger partial charge in [0.1, 0.15) is 5.69 Å². The summed E-state index contributed by atoms with van der Waals surface area (Å²) >= 11 is 0. The van der Waals surface area contributed by atoms with Crippen molar-refractivity contribution >= 4 is 23.0 Å². The lowest BCUT2D eigenvalue weighted by Crippen LogP contribution is -2.06. The van der Waals surface area contributed by atoms with E-state index < -0.39 is 4.92 Å². The molecule has 0 aromatic heterocycles. The Hall–Kier alpha value is -2.15. The van der Waals surface area contributed by atoms with Gasteiger partial charge in [-0.1, -0.05) is 12.8 Å². The number of nitrogens with one attached hydrogen (secondary N) is 2. The second-order valence-corrected chi connectivity index (χ2v) is 5.07. The van der Waals surface area contributed by atoms with Gasteiger partial charge in [-0.15, -0.1) is 0 Å². The molecule has 1 aromatic rings. The molecule has 2 rings (SSSR count). The fourth-order valence-corrected chi connectivity index (χ4v) is 2.37. The number of unbranched alkanes of at least 4 members (excludes halogenated alkanes) is 3. The lowest BCUT2D eigenvalue weighted by atomic mass is 10.1. The summed E-state index contributed by atoms with van der Waals surface area (Å²) in [5.74, 6) is -0.138. The van der Waals surface area contributed by atoms with Crippen molar-refractivity contribution in [1.29, 1.82) is 0 Å². The third-order valence-corrected chi connectivity index (χ3v) is 3.44. The Labute approximate surface area is 122 Å². The van der Waals surface area contributed by atoms with Crippen LogP contribution in [0.4, 0.5) is 17.1 Å². The molecule has 0 saturated heterocycles. The van der Waals surface area contributed by atoms with E-state index in [-0.39, 0.29) is 24.6 Å². The molecule has 114 valence electrons. The molecular formula is C14H19N3O4. The first-order valence-electron chi connectivity index (χ1n) is 7.07. The molecule has 1 aromatic carbocycles. The van der Waals surface area contributed by atoms with Gasteiger partial charge in [0.25, 0.3) is 5.69 Å². The van der Waals surface area contributed by atoms with E-state index >= 15 is 0 Å².